The lowest BCUT2D eigenvalue weighted by atomic mass is 10.1. The molecule has 19 heavy (non-hydrogen) atoms. The van der Waals surface area contributed by atoms with Gasteiger partial charge in [-0.05, 0) is 48.9 Å². The van der Waals surface area contributed by atoms with Gasteiger partial charge in [0, 0.05) is 23.8 Å². The molecule has 0 saturated heterocycles. The van der Waals surface area contributed by atoms with Crippen molar-refractivity contribution in [2.75, 3.05) is 17.6 Å². The van der Waals surface area contributed by atoms with E-state index in [1.807, 2.05) is 30.5 Å². The van der Waals surface area contributed by atoms with Crippen molar-refractivity contribution in [3.63, 3.8) is 0 Å². The van der Waals surface area contributed by atoms with E-state index in [4.69, 9.17) is 5.73 Å². The van der Waals surface area contributed by atoms with Crippen LogP contribution in [0.1, 0.15) is 26.2 Å². The van der Waals surface area contributed by atoms with Gasteiger partial charge >= 0.3 is 0 Å². The van der Waals surface area contributed by atoms with E-state index in [0.29, 0.717) is 0 Å². The predicted molar refractivity (Wildman–Crippen MR) is 81.2 cm³/mol. The monoisotopic (exact) mass is 255 g/mol. The minimum absolute atomic E-state index is 0.795. The number of anilines is 2. The third kappa shape index (κ3) is 2.50. The van der Waals surface area contributed by atoms with E-state index in [2.05, 4.69) is 17.2 Å². The summed E-state index contributed by atoms with van der Waals surface area (Å²) < 4.78 is 0. The fourth-order valence-electron chi connectivity index (χ4n) is 3.10. The third-order valence-electron chi connectivity index (χ3n) is 4.19. The van der Waals surface area contributed by atoms with Crippen molar-refractivity contribution in [1.82, 2.24) is 4.98 Å². The summed E-state index contributed by atoms with van der Waals surface area (Å²) in [6.07, 6.45) is 5.87. The number of fused-ring (bicyclic) bond motifs is 1. The Labute approximate surface area is 114 Å². The molecular formula is C16H21N3. The zero-order valence-electron chi connectivity index (χ0n) is 11.4. The number of hydrogen-bond acceptors (Lipinski definition) is 3. The predicted octanol–water partition coefficient (Wildman–Crippen LogP) is 3.67. The van der Waals surface area contributed by atoms with Crippen LogP contribution >= 0.6 is 0 Å². The average molecular weight is 255 g/mol. The summed E-state index contributed by atoms with van der Waals surface area (Å²) in [5.41, 5.74) is 8.87. The van der Waals surface area contributed by atoms with Gasteiger partial charge in [0.25, 0.3) is 0 Å². The van der Waals surface area contributed by atoms with Crippen LogP contribution in [0.15, 0.2) is 30.5 Å². The van der Waals surface area contributed by atoms with Crippen molar-refractivity contribution < 1.29 is 0 Å². The zero-order chi connectivity index (χ0) is 13.2. The van der Waals surface area contributed by atoms with Crippen LogP contribution in [0.3, 0.4) is 0 Å². The number of rotatable bonds is 3. The standard InChI is InChI=1S/C16H21N3/c1-11-4-5-12(9-11)10-19-15-7-6-14(17)13-3-2-8-18-16(13)15/h2-3,6-8,11-12,19H,4-5,9-10,17H2,1H3. The molecule has 1 saturated carbocycles. The molecule has 3 rings (SSSR count). The van der Waals surface area contributed by atoms with E-state index >= 15 is 0 Å². The van der Waals surface area contributed by atoms with Gasteiger partial charge in [0.1, 0.15) is 0 Å². The quantitative estimate of drug-likeness (QED) is 0.823. The van der Waals surface area contributed by atoms with E-state index in [1.54, 1.807) is 0 Å². The molecule has 3 N–H and O–H groups in total. The molecule has 0 amide bonds. The van der Waals surface area contributed by atoms with Gasteiger partial charge in [-0.1, -0.05) is 13.3 Å². The zero-order valence-corrected chi connectivity index (χ0v) is 11.4. The maximum absolute atomic E-state index is 5.99. The first kappa shape index (κ1) is 12.3. The van der Waals surface area contributed by atoms with Gasteiger partial charge in [-0.25, -0.2) is 0 Å². The van der Waals surface area contributed by atoms with Crippen molar-refractivity contribution >= 4 is 22.3 Å². The minimum atomic E-state index is 0.795. The summed E-state index contributed by atoms with van der Waals surface area (Å²) in [5, 5.41) is 4.59. The molecule has 0 radical (unpaired) electrons. The maximum Gasteiger partial charge on any atom is 0.0953 e. The Bertz CT molecular complexity index is 579. The van der Waals surface area contributed by atoms with E-state index in [1.165, 1.54) is 19.3 Å². The van der Waals surface area contributed by atoms with Crippen LogP contribution in [0.5, 0.6) is 0 Å². The summed E-state index contributed by atoms with van der Waals surface area (Å²) in [6, 6.07) is 7.97. The first-order chi connectivity index (χ1) is 9.24. The number of nitrogen functional groups attached to an aromatic ring is 1. The lowest BCUT2D eigenvalue weighted by molar-refractivity contribution is 0.537. The van der Waals surface area contributed by atoms with Crippen LogP contribution in [-0.4, -0.2) is 11.5 Å². The summed E-state index contributed by atoms with van der Waals surface area (Å²) in [7, 11) is 0. The topological polar surface area (TPSA) is 50.9 Å². The van der Waals surface area contributed by atoms with Gasteiger partial charge in [-0.2, -0.15) is 0 Å². The number of pyridine rings is 1. The molecule has 0 aliphatic heterocycles. The van der Waals surface area contributed by atoms with Crippen molar-refractivity contribution in [2.45, 2.75) is 26.2 Å². The highest BCUT2D eigenvalue weighted by atomic mass is 14.9. The van der Waals surface area contributed by atoms with Crippen LogP contribution in [0.4, 0.5) is 11.4 Å². The number of hydrogen-bond donors (Lipinski definition) is 2. The van der Waals surface area contributed by atoms with Gasteiger partial charge in [0.05, 0.1) is 11.2 Å². The Morgan fingerprint density at radius 1 is 1.32 bits per heavy atom. The molecule has 1 aliphatic carbocycles. The molecule has 1 aromatic heterocycles. The Kier molecular flexibility index (Phi) is 3.28. The molecule has 1 aromatic carbocycles. The highest BCUT2D eigenvalue weighted by Crippen LogP contribution is 2.31. The fourth-order valence-corrected chi connectivity index (χ4v) is 3.10. The number of benzene rings is 1. The molecule has 1 heterocycles. The van der Waals surface area contributed by atoms with Gasteiger partial charge in [0.15, 0.2) is 0 Å². The van der Waals surface area contributed by atoms with Crippen LogP contribution in [-0.2, 0) is 0 Å². The van der Waals surface area contributed by atoms with Crippen LogP contribution in [0.25, 0.3) is 10.9 Å². The second kappa shape index (κ2) is 5.08. The molecule has 0 spiro atoms. The third-order valence-corrected chi connectivity index (χ3v) is 4.19. The lowest BCUT2D eigenvalue weighted by Crippen LogP contribution is -2.12. The highest BCUT2D eigenvalue weighted by molar-refractivity contribution is 5.98. The van der Waals surface area contributed by atoms with Gasteiger partial charge in [0.2, 0.25) is 0 Å². The summed E-state index contributed by atoms with van der Waals surface area (Å²) in [6.45, 7) is 3.39. The smallest absolute Gasteiger partial charge is 0.0953 e. The largest absolute Gasteiger partial charge is 0.398 e. The first-order valence-electron chi connectivity index (χ1n) is 7.11. The highest BCUT2D eigenvalue weighted by Gasteiger charge is 2.21. The Balaban J connectivity index is 1.79. The Morgan fingerprint density at radius 3 is 3.00 bits per heavy atom. The Hall–Kier alpha value is -1.77. The van der Waals surface area contributed by atoms with Gasteiger partial charge in [-0.15, -0.1) is 0 Å². The molecule has 1 fully saturated rings. The second-order valence-corrected chi connectivity index (χ2v) is 5.77. The molecule has 2 unspecified atom stereocenters. The number of nitrogens with one attached hydrogen (secondary N) is 1. The molecule has 0 bridgehead atoms. The van der Waals surface area contributed by atoms with Crippen molar-refractivity contribution in [3.05, 3.63) is 30.5 Å². The SMILES string of the molecule is CC1CCC(CNc2ccc(N)c3cccnc23)C1. The van der Waals surface area contributed by atoms with Crippen LogP contribution in [0, 0.1) is 11.8 Å². The van der Waals surface area contributed by atoms with E-state index < -0.39 is 0 Å². The second-order valence-electron chi connectivity index (χ2n) is 5.77. The molecule has 1 aliphatic rings. The molecule has 100 valence electrons. The van der Waals surface area contributed by atoms with E-state index in [9.17, 15) is 0 Å². The fraction of sp³-hybridized carbons (Fsp3) is 0.438. The molecular weight excluding hydrogens is 234 g/mol. The number of nitrogens with two attached hydrogens (primary N) is 1. The number of aromatic nitrogens is 1. The summed E-state index contributed by atoms with van der Waals surface area (Å²) >= 11 is 0. The molecule has 2 aromatic rings. The van der Waals surface area contributed by atoms with E-state index in [0.717, 1.165) is 40.7 Å². The summed E-state index contributed by atoms with van der Waals surface area (Å²) in [5.74, 6) is 1.68. The van der Waals surface area contributed by atoms with Crippen LogP contribution < -0.4 is 11.1 Å². The van der Waals surface area contributed by atoms with Crippen molar-refractivity contribution in [3.8, 4) is 0 Å². The van der Waals surface area contributed by atoms with Gasteiger partial charge < -0.3 is 11.1 Å². The average Bonchev–Trinajstić information content (AvgIpc) is 2.84. The molecule has 3 nitrogen and oxygen atoms in total. The summed E-state index contributed by atoms with van der Waals surface area (Å²) in [4.78, 5) is 4.46. The Morgan fingerprint density at radius 2 is 2.21 bits per heavy atom. The van der Waals surface area contributed by atoms with E-state index in [-0.39, 0.29) is 0 Å². The first-order valence-corrected chi connectivity index (χ1v) is 7.11. The van der Waals surface area contributed by atoms with Crippen molar-refractivity contribution in [2.24, 2.45) is 11.8 Å². The minimum Gasteiger partial charge on any atom is -0.398 e. The lowest BCUT2D eigenvalue weighted by Gasteiger charge is -2.14. The molecule has 2 atom stereocenters. The normalized spacial score (nSPS) is 22.8. The number of nitrogens with zero attached hydrogens (tertiary/aromatic N) is 1. The maximum atomic E-state index is 5.99. The molecule has 3 heteroatoms. The van der Waals surface area contributed by atoms with Crippen molar-refractivity contribution in [1.29, 1.82) is 0 Å². The van der Waals surface area contributed by atoms with Gasteiger partial charge in [-0.3, -0.25) is 4.98 Å². The van der Waals surface area contributed by atoms with Crippen LogP contribution in [0.2, 0.25) is 0 Å².